The van der Waals surface area contributed by atoms with E-state index in [4.69, 9.17) is 28.4 Å². The number of rotatable bonds is 7. The third kappa shape index (κ3) is 6.77. The van der Waals surface area contributed by atoms with E-state index in [0.29, 0.717) is 0 Å². The number of esters is 5. The van der Waals surface area contributed by atoms with Crippen LogP contribution in [-0.2, 0) is 42.9 Å². The van der Waals surface area contributed by atoms with Gasteiger partial charge in [0.2, 0.25) is 0 Å². The summed E-state index contributed by atoms with van der Waals surface area (Å²) in [5, 5.41) is 0. The number of carbonyl (C=O) groups excluding carboxylic acids is 5. The third-order valence-electron chi connectivity index (χ3n) is 4.17. The third-order valence-corrected chi connectivity index (χ3v) is 4.17. The highest BCUT2D eigenvalue weighted by atomic mass is 16.7. The maximum atomic E-state index is 11.8. The molecule has 0 amide bonds. The zero-order valence-corrected chi connectivity index (χ0v) is 18.2. The number of hydrogen-bond acceptors (Lipinski definition) is 11. The Hall–Kier alpha value is -3.47. The number of benzene rings is 1. The van der Waals surface area contributed by atoms with E-state index in [1.807, 2.05) is 0 Å². The van der Waals surface area contributed by atoms with E-state index in [1.54, 1.807) is 0 Å². The molecule has 0 bridgehead atoms. The van der Waals surface area contributed by atoms with Crippen molar-refractivity contribution in [1.82, 2.24) is 0 Å². The highest BCUT2D eigenvalue weighted by molar-refractivity contribution is 5.72. The maximum Gasteiger partial charge on any atom is 0.308 e. The first-order valence-corrected chi connectivity index (χ1v) is 9.62. The summed E-state index contributed by atoms with van der Waals surface area (Å²) in [5.41, 5.74) is 0.254. The van der Waals surface area contributed by atoms with Crippen molar-refractivity contribution in [3.63, 3.8) is 0 Å². The van der Waals surface area contributed by atoms with Gasteiger partial charge in [0.15, 0.2) is 12.2 Å². The minimum absolute atomic E-state index is 0.0203. The van der Waals surface area contributed by atoms with Crippen molar-refractivity contribution < 1.29 is 52.4 Å². The Morgan fingerprint density at radius 1 is 0.781 bits per heavy atom. The fourth-order valence-electron chi connectivity index (χ4n) is 3.19. The van der Waals surface area contributed by atoms with E-state index in [2.05, 4.69) is 0 Å². The highest BCUT2D eigenvalue weighted by Crippen LogP contribution is 2.42. The van der Waals surface area contributed by atoms with Gasteiger partial charge in [-0.1, -0.05) is 0 Å². The van der Waals surface area contributed by atoms with Crippen LogP contribution >= 0.6 is 0 Å². The van der Waals surface area contributed by atoms with Gasteiger partial charge in [0.05, 0.1) is 0 Å². The van der Waals surface area contributed by atoms with Crippen molar-refractivity contribution in [2.45, 2.75) is 59.0 Å². The second-order valence-corrected chi connectivity index (χ2v) is 6.93. The van der Waals surface area contributed by atoms with Crippen LogP contribution in [0.4, 0.5) is 0 Å². The molecular formula is C21H24O11. The van der Waals surface area contributed by atoms with E-state index < -0.39 is 54.3 Å². The van der Waals surface area contributed by atoms with Crippen LogP contribution in [0.25, 0.3) is 0 Å². The van der Waals surface area contributed by atoms with Crippen LogP contribution in [0, 0.1) is 0 Å². The zero-order chi connectivity index (χ0) is 24.0. The molecule has 1 saturated heterocycles. The summed E-state index contributed by atoms with van der Waals surface area (Å²) in [4.78, 5) is 57.6. The fourth-order valence-corrected chi connectivity index (χ4v) is 3.19. The van der Waals surface area contributed by atoms with E-state index in [-0.39, 0.29) is 23.7 Å². The van der Waals surface area contributed by atoms with Crippen LogP contribution in [0.2, 0.25) is 0 Å². The van der Waals surface area contributed by atoms with E-state index in [9.17, 15) is 24.0 Å². The number of ether oxygens (including phenoxy) is 6. The lowest BCUT2D eigenvalue weighted by Crippen LogP contribution is -2.40. The summed E-state index contributed by atoms with van der Waals surface area (Å²) in [6.45, 7) is 5.63. The molecule has 32 heavy (non-hydrogen) atoms. The molecule has 0 saturated carbocycles. The van der Waals surface area contributed by atoms with Crippen LogP contribution in [0.1, 0.15) is 46.3 Å². The zero-order valence-electron chi connectivity index (χ0n) is 18.2. The van der Waals surface area contributed by atoms with Crippen molar-refractivity contribution in [2.75, 3.05) is 6.61 Å². The fraction of sp³-hybridized carbons (Fsp3) is 0.476. The second kappa shape index (κ2) is 10.7. The molecule has 0 aromatic heterocycles. The Kier molecular flexibility index (Phi) is 8.30. The summed E-state index contributed by atoms with van der Waals surface area (Å²) in [7, 11) is 0. The lowest BCUT2D eigenvalue weighted by atomic mass is 10.00. The Morgan fingerprint density at radius 3 is 1.91 bits per heavy atom. The molecule has 4 atom stereocenters. The first-order valence-electron chi connectivity index (χ1n) is 9.62. The summed E-state index contributed by atoms with van der Waals surface area (Å²) in [6.07, 6.45) is -4.30. The smallest absolute Gasteiger partial charge is 0.308 e. The van der Waals surface area contributed by atoms with Crippen molar-refractivity contribution in [3.8, 4) is 11.5 Å². The van der Waals surface area contributed by atoms with Crippen molar-refractivity contribution in [1.29, 1.82) is 0 Å². The molecule has 1 aliphatic rings. The first-order chi connectivity index (χ1) is 15.0. The van der Waals surface area contributed by atoms with Gasteiger partial charge in [0.1, 0.15) is 30.3 Å². The second-order valence-electron chi connectivity index (χ2n) is 6.93. The van der Waals surface area contributed by atoms with Crippen molar-refractivity contribution >= 4 is 29.8 Å². The Balaban J connectivity index is 2.51. The molecule has 11 heteroatoms. The average Bonchev–Trinajstić information content (AvgIpc) is 2.95. The SMILES string of the molecule is CC(=O)OC[C@H]1O[C@@H](c2ccc(OC(C)=O)cc2OC(C)=O)[C@H](OC(C)=O)[C@@H]1OC(C)=O. The molecular weight excluding hydrogens is 428 g/mol. The molecule has 1 heterocycles. The van der Waals surface area contributed by atoms with Gasteiger partial charge in [-0.05, 0) is 12.1 Å². The lowest BCUT2D eigenvalue weighted by molar-refractivity contribution is -0.165. The average molecular weight is 452 g/mol. The van der Waals surface area contributed by atoms with Crippen molar-refractivity contribution in [3.05, 3.63) is 23.8 Å². The molecule has 0 N–H and O–H groups in total. The molecule has 0 spiro atoms. The topological polar surface area (TPSA) is 141 Å². The van der Waals surface area contributed by atoms with Gasteiger partial charge in [-0.25, -0.2) is 0 Å². The van der Waals surface area contributed by atoms with Crippen LogP contribution in [-0.4, -0.2) is 54.8 Å². The van der Waals surface area contributed by atoms with Crippen LogP contribution in [0.15, 0.2) is 18.2 Å². The standard InChI is InChI=1S/C21H24O11/c1-10(22)27-9-18-20(30-13(4)25)21(31-14(5)26)19(32-18)16-7-6-15(28-11(2)23)8-17(16)29-12(3)24/h6-8,18-21H,9H2,1-5H3/t18-,19+,20-,21+/m1/s1. The lowest BCUT2D eigenvalue weighted by Gasteiger charge is -2.24. The largest absolute Gasteiger partial charge is 0.463 e. The van der Waals surface area contributed by atoms with E-state index in [0.717, 1.165) is 6.92 Å². The number of carbonyl (C=O) groups is 5. The summed E-state index contributed by atoms with van der Waals surface area (Å²) >= 11 is 0. The quantitative estimate of drug-likeness (QED) is 0.337. The van der Waals surface area contributed by atoms with Gasteiger partial charge >= 0.3 is 29.8 Å². The van der Waals surface area contributed by atoms with Gasteiger partial charge in [-0.3, -0.25) is 24.0 Å². The number of hydrogen-bond donors (Lipinski definition) is 0. The highest BCUT2D eigenvalue weighted by Gasteiger charge is 2.51. The van der Waals surface area contributed by atoms with Gasteiger partial charge in [-0.2, -0.15) is 0 Å². The Labute approximate surface area is 183 Å². The minimum Gasteiger partial charge on any atom is -0.463 e. The molecule has 0 radical (unpaired) electrons. The molecule has 11 nitrogen and oxygen atoms in total. The van der Waals surface area contributed by atoms with E-state index in [1.165, 1.54) is 45.9 Å². The molecule has 2 rings (SSSR count). The van der Waals surface area contributed by atoms with Gasteiger partial charge in [0, 0.05) is 46.2 Å². The normalized spacial score (nSPS) is 21.9. The summed E-state index contributed by atoms with van der Waals surface area (Å²) in [5.74, 6) is -3.11. The van der Waals surface area contributed by atoms with Gasteiger partial charge < -0.3 is 28.4 Å². The Morgan fingerprint density at radius 2 is 1.38 bits per heavy atom. The predicted octanol–water partition coefficient (Wildman–Crippen LogP) is 1.40. The van der Waals surface area contributed by atoms with E-state index >= 15 is 0 Å². The van der Waals surface area contributed by atoms with Gasteiger partial charge in [-0.15, -0.1) is 0 Å². The first kappa shape index (κ1) is 24.8. The van der Waals surface area contributed by atoms with Crippen LogP contribution in [0.5, 0.6) is 11.5 Å². The maximum absolute atomic E-state index is 11.8. The molecule has 174 valence electrons. The molecule has 0 unspecified atom stereocenters. The Bertz CT molecular complexity index is 907. The minimum atomic E-state index is -1.15. The van der Waals surface area contributed by atoms with Crippen LogP contribution in [0.3, 0.4) is 0 Å². The predicted molar refractivity (Wildman–Crippen MR) is 104 cm³/mol. The molecule has 1 aliphatic heterocycles. The van der Waals surface area contributed by atoms with Crippen LogP contribution < -0.4 is 9.47 Å². The molecule has 1 aromatic rings. The van der Waals surface area contributed by atoms with Gasteiger partial charge in [0.25, 0.3) is 0 Å². The molecule has 1 aromatic carbocycles. The summed E-state index contributed by atoms with van der Waals surface area (Å²) < 4.78 is 31.9. The monoisotopic (exact) mass is 452 g/mol. The molecule has 0 aliphatic carbocycles. The molecule has 1 fully saturated rings. The summed E-state index contributed by atoms with van der Waals surface area (Å²) in [6, 6.07) is 4.18. The van der Waals surface area contributed by atoms with Crippen molar-refractivity contribution in [2.24, 2.45) is 0 Å².